The summed E-state index contributed by atoms with van der Waals surface area (Å²) in [6.45, 7) is 2.14. The predicted octanol–water partition coefficient (Wildman–Crippen LogP) is 4.57. The van der Waals surface area contributed by atoms with E-state index in [0.717, 1.165) is 16.7 Å². The lowest BCUT2D eigenvalue weighted by Gasteiger charge is -2.43. The molecular formula is C29H32FNO5. The lowest BCUT2D eigenvalue weighted by molar-refractivity contribution is -0.273. The van der Waals surface area contributed by atoms with Crippen LogP contribution >= 0.6 is 0 Å². The molecule has 0 radical (unpaired) electrons. The number of hydrogen-bond donors (Lipinski definition) is 1. The molecule has 0 bridgehead atoms. The average molecular weight is 494 g/mol. The van der Waals surface area contributed by atoms with E-state index in [-0.39, 0.29) is 25.7 Å². The van der Waals surface area contributed by atoms with Crippen molar-refractivity contribution in [1.29, 1.82) is 0 Å². The van der Waals surface area contributed by atoms with Crippen molar-refractivity contribution >= 4 is 5.91 Å². The van der Waals surface area contributed by atoms with E-state index in [4.69, 9.17) is 18.9 Å². The van der Waals surface area contributed by atoms with E-state index in [1.54, 1.807) is 0 Å². The Kier molecular flexibility index (Phi) is 9.58. The Morgan fingerprint density at radius 2 is 1.31 bits per heavy atom. The Hall–Kier alpha value is -3.10. The quantitative estimate of drug-likeness (QED) is 0.424. The van der Waals surface area contributed by atoms with Crippen molar-refractivity contribution in [2.45, 2.75) is 57.5 Å². The number of rotatable bonds is 11. The number of halogens is 1. The lowest BCUT2D eigenvalue weighted by atomic mass is 9.97. The average Bonchev–Trinajstić information content (AvgIpc) is 2.90. The Balaban J connectivity index is 1.49. The van der Waals surface area contributed by atoms with E-state index >= 15 is 4.39 Å². The molecule has 1 fully saturated rings. The summed E-state index contributed by atoms with van der Waals surface area (Å²) in [5.41, 5.74) is 2.81. The number of nitrogens with one attached hydrogen (secondary N) is 1. The van der Waals surface area contributed by atoms with Crippen molar-refractivity contribution in [2.75, 3.05) is 6.61 Å². The monoisotopic (exact) mass is 493 g/mol. The van der Waals surface area contributed by atoms with Crippen molar-refractivity contribution in [1.82, 2.24) is 5.32 Å². The van der Waals surface area contributed by atoms with Crippen molar-refractivity contribution in [3.63, 3.8) is 0 Å². The van der Waals surface area contributed by atoms with E-state index in [9.17, 15) is 4.79 Å². The van der Waals surface area contributed by atoms with Gasteiger partial charge in [-0.2, -0.15) is 0 Å². The Labute approximate surface area is 211 Å². The van der Waals surface area contributed by atoms with Gasteiger partial charge in [0.1, 0.15) is 18.2 Å². The molecule has 3 aromatic carbocycles. The number of amides is 1. The van der Waals surface area contributed by atoms with E-state index in [1.165, 1.54) is 6.92 Å². The van der Waals surface area contributed by atoms with Crippen molar-refractivity contribution in [3.05, 3.63) is 108 Å². The van der Waals surface area contributed by atoms with Crippen LogP contribution in [0.15, 0.2) is 91.0 Å². The van der Waals surface area contributed by atoms with Crippen LogP contribution in [0.3, 0.4) is 0 Å². The van der Waals surface area contributed by atoms with Crippen LogP contribution in [-0.4, -0.2) is 43.2 Å². The molecule has 3 aromatic rings. The first-order valence-corrected chi connectivity index (χ1v) is 12.1. The normalized spacial score (nSPS) is 23.8. The molecule has 5 atom stereocenters. The molecule has 1 aliphatic heterocycles. The molecule has 6 nitrogen and oxygen atoms in total. The van der Waals surface area contributed by atoms with Crippen LogP contribution in [0.4, 0.5) is 4.39 Å². The fraction of sp³-hybridized carbons (Fsp3) is 0.345. The number of hydrogen-bond acceptors (Lipinski definition) is 5. The van der Waals surface area contributed by atoms with Crippen LogP contribution in [0.25, 0.3) is 0 Å². The number of carbonyl (C=O) groups is 1. The molecule has 7 heteroatoms. The van der Waals surface area contributed by atoms with Crippen LogP contribution in [-0.2, 0) is 43.6 Å². The smallest absolute Gasteiger partial charge is 0.217 e. The minimum Gasteiger partial charge on any atom is -0.374 e. The zero-order chi connectivity index (χ0) is 25.2. The van der Waals surface area contributed by atoms with E-state index in [1.807, 2.05) is 91.0 Å². The summed E-state index contributed by atoms with van der Waals surface area (Å²) in [4.78, 5) is 12.0. The van der Waals surface area contributed by atoms with Gasteiger partial charge in [0.05, 0.1) is 26.4 Å². The van der Waals surface area contributed by atoms with Crippen LogP contribution in [0.1, 0.15) is 23.6 Å². The fourth-order valence-electron chi connectivity index (χ4n) is 4.14. The third kappa shape index (κ3) is 7.45. The van der Waals surface area contributed by atoms with Gasteiger partial charge >= 0.3 is 0 Å². The Morgan fingerprint density at radius 1 is 0.806 bits per heavy atom. The number of carbonyl (C=O) groups excluding carboxylic acids is 1. The molecule has 1 saturated heterocycles. The summed E-state index contributed by atoms with van der Waals surface area (Å²) in [5.74, 6) is -0.323. The molecule has 1 unspecified atom stereocenters. The number of benzene rings is 3. The highest BCUT2D eigenvalue weighted by Gasteiger charge is 2.48. The zero-order valence-corrected chi connectivity index (χ0v) is 20.3. The maximum absolute atomic E-state index is 15.8. The first kappa shape index (κ1) is 26.0. The van der Waals surface area contributed by atoms with Gasteiger partial charge in [-0.15, -0.1) is 0 Å². The summed E-state index contributed by atoms with van der Waals surface area (Å²) in [6, 6.07) is 27.9. The summed E-state index contributed by atoms with van der Waals surface area (Å²) >= 11 is 0. The van der Waals surface area contributed by atoms with E-state index in [2.05, 4.69) is 5.32 Å². The van der Waals surface area contributed by atoms with E-state index in [0.29, 0.717) is 6.61 Å². The zero-order valence-electron chi connectivity index (χ0n) is 20.3. The van der Waals surface area contributed by atoms with Gasteiger partial charge in [-0.25, -0.2) is 4.39 Å². The van der Waals surface area contributed by atoms with Gasteiger partial charge in [0, 0.05) is 6.92 Å². The summed E-state index contributed by atoms with van der Waals surface area (Å²) in [5, 5.41) is 2.79. The van der Waals surface area contributed by atoms with Gasteiger partial charge in [-0.05, 0) is 16.7 Å². The molecule has 1 heterocycles. The van der Waals surface area contributed by atoms with Crippen LogP contribution < -0.4 is 5.32 Å². The maximum atomic E-state index is 15.8. The first-order chi connectivity index (χ1) is 17.6. The molecule has 1 amide bonds. The topological polar surface area (TPSA) is 66.0 Å². The first-order valence-electron chi connectivity index (χ1n) is 12.1. The van der Waals surface area contributed by atoms with Gasteiger partial charge in [0.15, 0.2) is 12.5 Å². The van der Waals surface area contributed by atoms with Gasteiger partial charge < -0.3 is 24.3 Å². The van der Waals surface area contributed by atoms with Crippen LogP contribution in [0.5, 0.6) is 0 Å². The second kappa shape index (κ2) is 13.3. The largest absolute Gasteiger partial charge is 0.374 e. The molecule has 0 aliphatic carbocycles. The highest BCUT2D eigenvalue weighted by Crippen LogP contribution is 2.29. The highest BCUT2D eigenvalue weighted by molar-refractivity contribution is 5.73. The summed E-state index contributed by atoms with van der Waals surface area (Å²) in [6.07, 6.45) is -4.39. The number of alkyl halides is 1. The molecule has 1 N–H and O–H groups in total. The minimum absolute atomic E-state index is 0.0131. The molecule has 0 aromatic heterocycles. The summed E-state index contributed by atoms with van der Waals surface area (Å²) < 4.78 is 39.8. The van der Waals surface area contributed by atoms with Crippen LogP contribution in [0, 0.1) is 0 Å². The molecule has 4 rings (SSSR count). The second-order valence-electron chi connectivity index (χ2n) is 8.77. The SMILES string of the molecule is CC(=O)NC1[C@@H](OCc2ccccc2)O[C@H](COCc2ccccc2)[C@H](F)[C@@H]1OCc1ccccc1. The minimum atomic E-state index is -1.54. The van der Waals surface area contributed by atoms with Crippen molar-refractivity contribution < 1.29 is 28.1 Å². The highest BCUT2D eigenvalue weighted by atomic mass is 19.1. The van der Waals surface area contributed by atoms with Gasteiger partial charge in [0.25, 0.3) is 0 Å². The summed E-state index contributed by atoms with van der Waals surface area (Å²) in [7, 11) is 0. The number of ether oxygens (including phenoxy) is 4. The lowest BCUT2D eigenvalue weighted by Crippen LogP contribution is -2.64. The Bertz CT molecular complexity index is 1050. The van der Waals surface area contributed by atoms with Gasteiger partial charge in [0.2, 0.25) is 5.91 Å². The third-order valence-corrected chi connectivity index (χ3v) is 5.93. The van der Waals surface area contributed by atoms with Crippen molar-refractivity contribution in [2.24, 2.45) is 0 Å². The molecular weight excluding hydrogens is 461 g/mol. The Morgan fingerprint density at radius 3 is 1.83 bits per heavy atom. The standard InChI is InChI=1S/C29H32FNO5/c1-21(32)31-27-28(34-18-23-13-7-3-8-14-23)26(30)25(20-33-17-22-11-5-2-6-12-22)36-29(27)35-19-24-15-9-4-10-16-24/h2-16,25-29H,17-20H2,1H3,(H,31,32)/t25-,26+,27?,28+,29+/m1/s1. The van der Waals surface area contributed by atoms with E-state index < -0.39 is 30.7 Å². The van der Waals surface area contributed by atoms with Gasteiger partial charge in [-0.3, -0.25) is 4.79 Å². The molecule has 36 heavy (non-hydrogen) atoms. The second-order valence-corrected chi connectivity index (χ2v) is 8.77. The maximum Gasteiger partial charge on any atom is 0.217 e. The predicted molar refractivity (Wildman–Crippen MR) is 134 cm³/mol. The van der Waals surface area contributed by atoms with Gasteiger partial charge in [-0.1, -0.05) is 91.0 Å². The molecule has 1 aliphatic rings. The fourth-order valence-corrected chi connectivity index (χ4v) is 4.14. The van der Waals surface area contributed by atoms with Crippen LogP contribution in [0.2, 0.25) is 0 Å². The third-order valence-electron chi connectivity index (χ3n) is 5.93. The molecule has 190 valence electrons. The molecule has 0 spiro atoms. The van der Waals surface area contributed by atoms with Crippen molar-refractivity contribution in [3.8, 4) is 0 Å². The molecule has 0 saturated carbocycles.